The van der Waals surface area contributed by atoms with Crippen LogP contribution in [0.5, 0.6) is 5.75 Å². The van der Waals surface area contributed by atoms with E-state index < -0.39 is 0 Å². The van der Waals surface area contributed by atoms with Crippen LogP contribution >= 0.6 is 0 Å². The second-order valence-electron chi connectivity index (χ2n) is 6.09. The Kier molecular flexibility index (Phi) is 6.36. The van der Waals surface area contributed by atoms with Gasteiger partial charge in [-0.05, 0) is 18.1 Å². The summed E-state index contributed by atoms with van der Waals surface area (Å²) in [7, 11) is 0. The zero-order chi connectivity index (χ0) is 18.2. The third-order valence-corrected chi connectivity index (χ3v) is 4.16. The van der Waals surface area contributed by atoms with Crippen molar-refractivity contribution in [2.45, 2.75) is 33.4 Å². The molecule has 0 aliphatic carbocycles. The largest absolute Gasteiger partial charge is 0.487 e. The molecule has 4 heteroatoms. The molecule has 0 saturated heterocycles. The van der Waals surface area contributed by atoms with Crippen LogP contribution in [-0.2, 0) is 31.2 Å². The highest BCUT2D eigenvalue weighted by molar-refractivity contribution is 5.41. The molecule has 0 amide bonds. The first-order valence-corrected chi connectivity index (χ1v) is 8.64. The van der Waals surface area contributed by atoms with Gasteiger partial charge in [-0.15, -0.1) is 0 Å². The molecule has 0 fully saturated rings. The van der Waals surface area contributed by atoms with Crippen LogP contribution in [0.2, 0.25) is 0 Å². The molecule has 1 N–H and O–H groups in total. The first kappa shape index (κ1) is 18.1. The van der Waals surface area contributed by atoms with Gasteiger partial charge in [-0.2, -0.15) is 0 Å². The van der Waals surface area contributed by atoms with Crippen LogP contribution in [0.3, 0.4) is 0 Å². The number of ether oxygens (including phenoxy) is 2. The van der Waals surface area contributed by atoms with Crippen LogP contribution in [0.1, 0.15) is 27.9 Å². The normalized spacial score (nSPS) is 10.7. The fourth-order valence-corrected chi connectivity index (χ4v) is 2.75. The Morgan fingerprint density at radius 3 is 2.08 bits per heavy atom. The molecule has 0 bridgehead atoms. The van der Waals surface area contributed by atoms with Gasteiger partial charge in [0.2, 0.25) is 0 Å². The molecule has 3 aromatic rings. The number of aryl methyl sites for hydroxylation is 1. The van der Waals surface area contributed by atoms with E-state index in [-0.39, 0.29) is 6.61 Å². The van der Waals surface area contributed by atoms with Crippen molar-refractivity contribution >= 4 is 0 Å². The minimum absolute atomic E-state index is 0.114. The lowest BCUT2D eigenvalue weighted by Gasteiger charge is -2.16. The number of rotatable bonds is 8. The van der Waals surface area contributed by atoms with Gasteiger partial charge in [0, 0.05) is 17.3 Å². The van der Waals surface area contributed by atoms with E-state index in [1.165, 1.54) is 0 Å². The maximum Gasteiger partial charge on any atom is 0.146 e. The summed E-state index contributed by atoms with van der Waals surface area (Å²) < 4.78 is 11.8. The van der Waals surface area contributed by atoms with Crippen LogP contribution in [-0.4, -0.2) is 10.1 Å². The second kappa shape index (κ2) is 9.13. The maximum absolute atomic E-state index is 9.87. The summed E-state index contributed by atoms with van der Waals surface area (Å²) in [6, 6.07) is 19.9. The highest BCUT2D eigenvalue weighted by Crippen LogP contribution is 2.27. The van der Waals surface area contributed by atoms with Crippen molar-refractivity contribution in [1.82, 2.24) is 4.98 Å². The van der Waals surface area contributed by atoms with Gasteiger partial charge in [0.05, 0.1) is 25.5 Å². The van der Waals surface area contributed by atoms with Crippen LogP contribution in [0, 0.1) is 6.92 Å². The molecule has 4 nitrogen and oxygen atoms in total. The summed E-state index contributed by atoms with van der Waals surface area (Å²) in [6.07, 6.45) is 1.75. The van der Waals surface area contributed by atoms with Gasteiger partial charge in [0.15, 0.2) is 0 Å². The number of pyridine rings is 1. The monoisotopic (exact) mass is 349 g/mol. The molecule has 0 unspecified atom stereocenters. The summed E-state index contributed by atoms with van der Waals surface area (Å²) >= 11 is 0. The zero-order valence-corrected chi connectivity index (χ0v) is 14.9. The van der Waals surface area contributed by atoms with Crippen LogP contribution in [0.25, 0.3) is 0 Å². The molecule has 0 aliphatic heterocycles. The van der Waals surface area contributed by atoms with Crippen molar-refractivity contribution in [2.24, 2.45) is 0 Å². The molecule has 1 aromatic heterocycles. The smallest absolute Gasteiger partial charge is 0.146 e. The van der Waals surface area contributed by atoms with Gasteiger partial charge in [0.25, 0.3) is 0 Å². The first-order valence-electron chi connectivity index (χ1n) is 8.64. The molecule has 0 radical (unpaired) electrons. The molecule has 0 aliphatic rings. The van der Waals surface area contributed by atoms with Crippen LogP contribution in [0.15, 0.2) is 66.9 Å². The molecular formula is C22H23NO3. The molecule has 3 rings (SSSR count). The number of aromatic nitrogens is 1. The molecular weight excluding hydrogens is 326 g/mol. The topological polar surface area (TPSA) is 51.6 Å². The van der Waals surface area contributed by atoms with Crippen LogP contribution in [0.4, 0.5) is 0 Å². The average molecular weight is 349 g/mol. The lowest BCUT2D eigenvalue weighted by atomic mass is 10.1. The van der Waals surface area contributed by atoms with E-state index in [0.717, 1.165) is 27.9 Å². The van der Waals surface area contributed by atoms with Gasteiger partial charge in [0.1, 0.15) is 12.4 Å². The Bertz CT molecular complexity index is 820. The summed E-state index contributed by atoms with van der Waals surface area (Å²) in [6.45, 7) is 3.09. The minimum Gasteiger partial charge on any atom is -0.487 e. The molecule has 1 heterocycles. The van der Waals surface area contributed by atoms with Crippen molar-refractivity contribution < 1.29 is 14.6 Å². The highest BCUT2D eigenvalue weighted by atomic mass is 16.5. The second-order valence-corrected chi connectivity index (χ2v) is 6.09. The summed E-state index contributed by atoms with van der Waals surface area (Å²) in [5, 5.41) is 9.87. The average Bonchev–Trinajstić information content (AvgIpc) is 2.69. The van der Waals surface area contributed by atoms with Crippen molar-refractivity contribution in [2.75, 3.05) is 0 Å². The van der Waals surface area contributed by atoms with Gasteiger partial charge < -0.3 is 14.6 Å². The zero-order valence-electron chi connectivity index (χ0n) is 14.9. The molecule has 0 spiro atoms. The summed E-state index contributed by atoms with van der Waals surface area (Å²) in [4.78, 5) is 4.41. The Labute approximate surface area is 154 Å². The third-order valence-electron chi connectivity index (χ3n) is 4.16. The van der Waals surface area contributed by atoms with Crippen molar-refractivity contribution in [3.8, 4) is 5.75 Å². The van der Waals surface area contributed by atoms with E-state index in [0.29, 0.717) is 25.6 Å². The number of aliphatic hydroxyl groups is 1. The van der Waals surface area contributed by atoms with E-state index >= 15 is 0 Å². The van der Waals surface area contributed by atoms with E-state index in [9.17, 15) is 5.11 Å². The number of aliphatic hydroxyl groups excluding tert-OH is 1. The summed E-state index contributed by atoms with van der Waals surface area (Å²) in [5.74, 6) is 0.636. The summed E-state index contributed by atoms with van der Waals surface area (Å²) in [5.41, 5.74) is 4.52. The highest BCUT2D eigenvalue weighted by Gasteiger charge is 2.14. The predicted molar refractivity (Wildman–Crippen MR) is 101 cm³/mol. The Hall–Kier alpha value is -2.69. The standard InChI is InChI=1S/C22H23NO3/c1-17-22(26-15-19-10-6-3-7-11-19)21(13-24)20(12-23-17)16-25-14-18-8-4-2-5-9-18/h2-12,24H,13-16H2,1H3. The van der Waals surface area contributed by atoms with Gasteiger partial charge >= 0.3 is 0 Å². The molecule has 0 atom stereocenters. The van der Waals surface area contributed by atoms with Gasteiger partial charge in [-0.1, -0.05) is 60.7 Å². The van der Waals surface area contributed by atoms with Crippen molar-refractivity contribution in [3.63, 3.8) is 0 Å². The van der Waals surface area contributed by atoms with Gasteiger partial charge in [-0.25, -0.2) is 0 Å². The first-order chi connectivity index (χ1) is 12.8. The van der Waals surface area contributed by atoms with Crippen molar-refractivity contribution in [1.29, 1.82) is 0 Å². The lowest BCUT2D eigenvalue weighted by Crippen LogP contribution is -2.07. The van der Waals surface area contributed by atoms with E-state index in [4.69, 9.17) is 9.47 Å². The Morgan fingerprint density at radius 2 is 1.46 bits per heavy atom. The Balaban J connectivity index is 1.70. The fraction of sp³-hybridized carbons (Fsp3) is 0.227. The van der Waals surface area contributed by atoms with Gasteiger partial charge in [-0.3, -0.25) is 4.98 Å². The molecule has 0 saturated carbocycles. The molecule has 2 aromatic carbocycles. The van der Waals surface area contributed by atoms with Crippen LogP contribution < -0.4 is 4.74 Å². The lowest BCUT2D eigenvalue weighted by molar-refractivity contribution is 0.105. The quantitative estimate of drug-likeness (QED) is 0.663. The maximum atomic E-state index is 9.87. The third kappa shape index (κ3) is 4.69. The molecule has 134 valence electrons. The van der Waals surface area contributed by atoms with Crippen molar-refractivity contribution in [3.05, 3.63) is 94.8 Å². The number of nitrogens with zero attached hydrogens (tertiary/aromatic N) is 1. The fourth-order valence-electron chi connectivity index (χ4n) is 2.75. The number of hydrogen-bond acceptors (Lipinski definition) is 4. The van der Waals surface area contributed by atoms with E-state index in [2.05, 4.69) is 4.98 Å². The SMILES string of the molecule is Cc1ncc(COCc2ccccc2)c(CO)c1OCc1ccccc1. The predicted octanol–water partition coefficient (Wildman–Crippen LogP) is 4.18. The Morgan fingerprint density at radius 1 is 0.846 bits per heavy atom. The van der Waals surface area contributed by atoms with E-state index in [1.54, 1.807) is 6.20 Å². The minimum atomic E-state index is -0.114. The van der Waals surface area contributed by atoms with E-state index in [1.807, 2.05) is 67.6 Å². The number of benzene rings is 2. The molecule has 26 heavy (non-hydrogen) atoms. The number of hydrogen-bond donors (Lipinski definition) is 1.